The summed E-state index contributed by atoms with van der Waals surface area (Å²) in [5, 5.41) is 21.5. The van der Waals surface area contributed by atoms with E-state index in [0.717, 1.165) is 4.90 Å². The van der Waals surface area contributed by atoms with E-state index in [1.165, 1.54) is 18.2 Å². The number of alkyl halides is 3. The van der Waals surface area contributed by atoms with Crippen LogP contribution in [0, 0.1) is 23.7 Å². The number of carboxylic acid groups (broad SMARTS) is 1. The molecule has 4 amide bonds. The number of nitrogens with one attached hydrogen (secondary N) is 1. The fourth-order valence-electron chi connectivity index (χ4n) is 8.85. The first-order valence-corrected chi connectivity index (χ1v) is 18.2. The summed E-state index contributed by atoms with van der Waals surface area (Å²) in [6.45, 7) is 1.77. The number of nitrogens with zero attached hydrogens (tertiary/aromatic N) is 3. The summed E-state index contributed by atoms with van der Waals surface area (Å²) in [6, 6.07) is 11.5. The molecule has 1 aromatic heterocycles. The fourth-order valence-corrected chi connectivity index (χ4v) is 9.18. The molecule has 17 heteroatoms. The number of carbonyl (C=O) groups excluding carboxylic acids is 4. The molecule has 0 radical (unpaired) electrons. The van der Waals surface area contributed by atoms with Crippen LogP contribution >= 0.6 is 23.2 Å². The van der Waals surface area contributed by atoms with Gasteiger partial charge in [-0.1, -0.05) is 59.1 Å². The zero-order chi connectivity index (χ0) is 39.6. The number of carbonyl (C=O) groups is 5. The molecule has 2 aliphatic carbocycles. The number of likely N-dealkylation sites (tertiary alicyclic amines) is 1. The summed E-state index contributed by atoms with van der Waals surface area (Å²) >= 11 is 12.5. The smallest absolute Gasteiger partial charge is 0.417 e. The van der Waals surface area contributed by atoms with Gasteiger partial charge in [0.15, 0.2) is 17.3 Å². The van der Waals surface area contributed by atoms with Crippen LogP contribution < -0.4 is 10.2 Å². The van der Waals surface area contributed by atoms with Crippen molar-refractivity contribution in [2.75, 3.05) is 18.6 Å². The van der Waals surface area contributed by atoms with Crippen molar-refractivity contribution in [3.8, 4) is 11.5 Å². The third kappa shape index (κ3) is 6.17. The number of halogens is 5. The Labute approximate surface area is 321 Å². The molecule has 4 aliphatic rings. The van der Waals surface area contributed by atoms with E-state index in [-0.39, 0.29) is 55.9 Å². The number of benzene rings is 2. The Bertz CT molecular complexity index is 2150. The van der Waals surface area contributed by atoms with Gasteiger partial charge in [-0.25, -0.2) is 4.98 Å². The highest BCUT2D eigenvalue weighted by atomic mass is 35.5. The number of rotatable bonds is 10. The van der Waals surface area contributed by atoms with Gasteiger partial charge in [0.25, 0.3) is 11.8 Å². The molecule has 7 rings (SSSR count). The molecule has 0 bridgehead atoms. The van der Waals surface area contributed by atoms with Crippen LogP contribution in [0.5, 0.6) is 11.5 Å². The molecule has 3 N–H and O–H groups in total. The Balaban J connectivity index is 1.41. The molecule has 2 saturated heterocycles. The maximum absolute atomic E-state index is 15.3. The van der Waals surface area contributed by atoms with E-state index < -0.39 is 87.2 Å². The van der Waals surface area contributed by atoms with E-state index in [4.69, 9.17) is 27.9 Å². The van der Waals surface area contributed by atoms with Crippen LogP contribution in [0.25, 0.3) is 0 Å². The van der Waals surface area contributed by atoms with Crippen LogP contribution in [0.3, 0.4) is 0 Å². The molecule has 2 aromatic carbocycles. The lowest BCUT2D eigenvalue weighted by molar-refractivity contribution is -0.142. The van der Waals surface area contributed by atoms with Crippen molar-refractivity contribution in [2.24, 2.45) is 23.7 Å². The number of fused-ring (bicyclic) bond motifs is 4. The number of aliphatic carboxylic acids is 1. The number of phenols is 1. The fraction of sp³-hybridized carbons (Fsp3) is 0.368. The maximum atomic E-state index is 15.3. The first-order chi connectivity index (χ1) is 26.1. The van der Waals surface area contributed by atoms with Gasteiger partial charge in [-0.3, -0.25) is 34.3 Å². The third-order valence-electron chi connectivity index (χ3n) is 11.1. The van der Waals surface area contributed by atoms with Crippen LogP contribution in [-0.2, 0) is 35.6 Å². The molecule has 0 unspecified atom stereocenters. The molecule has 1 saturated carbocycles. The van der Waals surface area contributed by atoms with E-state index in [2.05, 4.69) is 10.4 Å². The highest BCUT2D eigenvalue weighted by Gasteiger charge is 2.70. The zero-order valence-corrected chi connectivity index (χ0v) is 30.5. The van der Waals surface area contributed by atoms with Crippen molar-refractivity contribution >= 4 is 58.6 Å². The van der Waals surface area contributed by atoms with Crippen molar-refractivity contribution in [2.45, 2.75) is 50.1 Å². The minimum atomic E-state index is -4.78. The van der Waals surface area contributed by atoms with E-state index in [1.807, 2.05) is 0 Å². The van der Waals surface area contributed by atoms with E-state index in [1.54, 1.807) is 37.3 Å². The lowest BCUT2D eigenvalue weighted by Crippen LogP contribution is -2.53. The second kappa shape index (κ2) is 14.2. The molecule has 6 atom stereocenters. The number of pyridine rings is 1. The largest absolute Gasteiger partial charge is 0.504 e. The minimum Gasteiger partial charge on any atom is -0.504 e. The summed E-state index contributed by atoms with van der Waals surface area (Å²) in [4.78, 5) is 74.0. The van der Waals surface area contributed by atoms with Gasteiger partial charge in [0.1, 0.15) is 0 Å². The van der Waals surface area contributed by atoms with Crippen LogP contribution in [0.4, 0.5) is 19.0 Å². The number of hydrogen-bond donors (Lipinski definition) is 3. The zero-order valence-electron chi connectivity index (χ0n) is 29.0. The minimum absolute atomic E-state index is 0.0361. The average molecular weight is 802 g/mol. The quantitative estimate of drug-likeness (QED) is 0.155. The second-order valence-corrected chi connectivity index (χ2v) is 14.7. The van der Waals surface area contributed by atoms with E-state index >= 15 is 4.79 Å². The first kappa shape index (κ1) is 38.1. The first-order valence-electron chi connectivity index (χ1n) is 17.5. The highest BCUT2D eigenvalue weighted by molar-refractivity contribution is 6.33. The number of para-hydroxylation sites is 1. The Kier molecular flexibility index (Phi) is 9.82. The predicted molar refractivity (Wildman–Crippen MR) is 190 cm³/mol. The van der Waals surface area contributed by atoms with E-state index in [9.17, 15) is 42.6 Å². The van der Waals surface area contributed by atoms with Crippen molar-refractivity contribution in [1.82, 2.24) is 14.9 Å². The molecule has 3 fully saturated rings. The molecular weight excluding hydrogens is 768 g/mol. The summed E-state index contributed by atoms with van der Waals surface area (Å²) in [5.74, 6) is -9.47. The van der Waals surface area contributed by atoms with Gasteiger partial charge in [-0.2, -0.15) is 18.2 Å². The number of amides is 4. The standard InChI is InChI=1S/C38H33Cl2F3N4O8/c1-2-55-27-6-3-5-23(31(27)50)30-21-12-13-22-29(35(53)46(33(22)51)14-4-7-28(48)49)24(21)16-25-34(52)47(36(54)37(25,30)18-8-10-20(39)11-9-18)45-32-26(40)15-19(17-44-32)38(41,42)43/h3,5-6,8-12,15,17,22,24-25,29-30,50H,2,4,7,13-14,16H2,1H3,(H,44,45)(H,48,49)/t22-,24+,25-,29-,30+,37+/m0/s1. The number of aromatic nitrogens is 1. The molecule has 288 valence electrons. The number of aromatic hydroxyl groups is 1. The van der Waals surface area contributed by atoms with Gasteiger partial charge in [-0.05, 0) is 61.9 Å². The average Bonchev–Trinajstić information content (AvgIpc) is 3.50. The van der Waals surface area contributed by atoms with Gasteiger partial charge in [0.05, 0.1) is 40.4 Å². The molecule has 2 aliphatic heterocycles. The van der Waals surface area contributed by atoms with Crippen molar-refractivity contribution in [3.63, 3.8) is 0 Å². The van der Waals surface area contributed by atoms with Crippen LogP contribution in [0.1, 0.15) is 55.2 Å². The van der Waals surface area contributed by atoms with Gasteiger partial charge in [-0.15, -0.1) is 0 Å². The second-order valence-electron chi connectivity index (χ2n) is 13.9. The number of ether oxygens (including phenoxy) is 1. The van der Waals surface area contributed by atoms with Crippen LogP contribution in [0.2, 0.25) is 10.0 Å². The van der Waals surface area contributed by atoms with Gasteiger partial charge < -0.3 is 14.9 Å². The SMILES string of the molecule is CCOc1cccc([C@H]2C3=CC[C@@H]4C(=O)N(CCCC(=O)O)C(=O)[C@@H]4[C@@H]3C[C@H]3C(=O)N(Nc4ncc(C(F)(F)F)cc4Cl)C(=O)[C@@]23c2ccc(Cl)cc2)c1O. The lowest BCUT2D eigenvalue weighted by atomic mass is 9.49. The molecular formula is C38H33Cl2F3N4O8. The number of anilines is 1. The Morgan fingerprint density at radius 2 is 1.78 bits per heavy atom. The number of phenolic OH excluding ortho intramolecular Hbond substituents is 1. The number of hydrogen-bond acceptors (Lipinski definition) is 9. The van der Waals surface area contributed by atoms with Gasteiger partial charge in [0.2, 0.25) is 11.8 Å². The summed E-state index contributed by atoms with van der Waals surface area (Å²) < 4.78 is 46.1. The van der Waals surface area contributed by atoms with Gasteiger partial charge >= 0.3 is 12.1 Å². The molecule has 12 nitrogen and oxygen atoms in total. The summed E-state index contributed by atoms with van der Waals surface area (Å²) in [6.07, 6.45) is -2.78. The molecule has 3 heterocycles. The summed E-state index contributed by atoms with van der Waals surface area (Å²) in [7, 11) is 0. The highest BCUT2D eigenvalue weighted by Crippen LogP contribution is 2.65. The van der Waals surface area contributed by atoms with Gasteiger partial charge in [0, 0.05) is 35.7 Å². The Morgan fingerprint density at radius 1 is 1.05 bits per heavy atom. The van der Waals surface area contributed by atoms with Crippen LogP contribution in [-0.4, -0.2) is 67.9 Å². The lowest BCUT2D eigenvalue weighted by Gasteiger charge is -2.50. The summed E-state index contributed by atoms with van der Waals surface area (Å²) in [5.41, 5.74) is 0.555. The maximum Gasteiger partial charge on any atom is 0.417 e. The number of allylic oxidation sites excluding steroid dienone is 2. The molecule has 55 heavy (non-hydrogen) atoms. The molecule has 0 spiro atoms. The predicted octanol–water partition coefficient (Wildman–Crippen LogP) is 6.36. The Morgan fingerprint density at radius 3 is 2.44 bits per heavy atom. The topological polar surface area (TPSA) is 166 Å². The van der Waals surface area contributed by atoms with Crippen molar-refractivity contribution in [1.29, 1.82) is 0 Å². The Hall–Kier alpha value is -5.15. The number of imide groups is 2. The molecule has 3 aromatic rings. The van der Waals surface area contributed by atoms with E-state index in [0.29, 0.717) is 33.4 Å². The third-order valence-corrected chi connectivity index (χ3v) is 11.6. The van der Waals surface area contributed by atoms with Crippen molar-refractivity contribution in [3.05, 3.63) is 93.1 Å². The monoisotopic (exact) mass is 800 g/mol. The van der Waals surface area contributed by atoms with Crippen LogP contribution in [0.15, 0.2) is 66.4 Å². The van der Waals surface area contributed by atoms with Crippen molar-refractivity contribution < 1.29 is 52.1 Å². The normalized spacial score (nSPS) is 26.1. The number of hydrazine groups is 1. The number of carboxylic acids is 1.